The second kappa shape index (κ2) is 7.24. The third-order valence-corrected chi connectivity index (χ3v) is 3.26. The van der Waals surface area contributed by atoms with Crippen LogP contribution in [-0.2, 0) is 11.2 Å². The van der Waals surface area contributed by atoms with E-state index in [1.807, 2.05) is 6.92 Å². The Morgan fingerprint density at radius 2 is 2.16 bits per heavy atom. The summed E-state index contributed by atoms with van der Waals surface area (Å²) in [5.41, 5.74) is 1.55. The lowest BCUT2D eigenvalue weighted by Crippen LogP contribution is -2.39. The molecule has 106 valence electrons. The number of aliphatic carboxylic acids is 1. The average molecular weight is 267 g/mol. The Labute approximate surface area is 113 Å². The lowest BCUT2D eigenvalue weighted by Gasteiger charge is -2.21. The van der Waals surface area contributed by atoms with Crippen molar-refractivity contribution in [2.45, 2.75) is 52.1 Å². The predicted octanol–water partition coefficient (Wildman–Crippen LogP) is 2.91. The maximum absolute atomic E-state index is 13.2. The molecule has 0 fully saturated rings. The highest BCUT2D eigenvalue weighted by atomic mass is 19.1. The molecule has 0 aliphatic rings. The van der Waals surface area contributed by atoms with Gasteiger partial charge in [0, 0.05) is 12.1 Å². The van der Waals surface area contributed by atoms with Crippen molar-refractivity contribution in [3.63, 3.8) is 0 Å². The monoisotopic (exact) mass is 267 g/mol. The van der Waals surface area contributed by atoms with Crippen LogP contribution in [0, 0.1) is 12.7 Å². The molecule has 1 aromatic carbocycles. The largest absolute Gasteiger partial charge is 0.481 e. The molecule has 19 heavy (non-hydrogen) atoms. The summed E-state index contributed by atoms with van der Waals surface area (Å²) in [6.07, 6.45) is 1.61. The molecule has 1 rings (SSSR count). The lowest BCUT2D eigenvalue weighted by atomic mass is 10.0. The number of carbonyl (C=O) groups is 1. The van der Waals surface area contributed by atoms with Gasteiger partial charge in [-0.25, -0.2) is 4.39 Å². The highest BCUT2D eigenvalue weighted by Gasteiger charge is 2.16. The van der Waals surface area contributed by atoms with Crippen molar-refractivity contribution >= 4 is 5.97 Å². The molecule has 0 heterocycles. The van der Waals surface area contributed by atoms with Crippen LogP contribution >= 0.6 is 0 Å². The molecular formula is C15H22FNO2. The van der Waals surface area contributed by atoms with Crippen LogP contribution in [0.3, 0.4) is 0 Å². The lowest BCUT2D eigenvalue weighted by molar-refractivity contribution is -0.137. The van der Waals surface area contributed by atoms with Crippen molar-refractivity contribution < 1.29 is 14.3 Å². The smallest absolute Gasteiger partial charge is 0.304 e. The first kappa shape index (κ1) is 15.6. The molecule has 3 nitrogen and oxygen atoms in total. The summed E-state index contributed by atoms with van der Waals surface area (Å²) in [6, 6.07) is 5.08. The molecule has 4 heteroatoms. The van der Waals surface area contributed by atoms with Crippen LogP contribution in [0.25, 0.3) is 0 Å². The van der Waals surface area contributed by atoms with E-state index in [9.17, 15) is 9.18 Å². The van der Waals surface area contributed by atoms with Gasteiger partial charge >= 0.3 is 5.97 Å². The number of carboxylic acid groups (broad SMARTS) is 1. The minimum Gasteiger partial charge on any atom is -0.481 e. The van der Waals surface area contributed by atoms with Crippen LogP contribution < -0.4 is 5.32 Å². The zero-order valence-electron chi connectivity index (χ0n) is 11.7. The maximum Gasteiger partial charge on any atom is 0.304 e. The third kappa shape index (κ3) is 5.39. The Balaban J connectivity index is 2.74. The van der Waals surface area contributed by atoms with E-state index in [0.717, 1.165) is 12.0 Å². The van der Waals surface area contributed by atoms with Gasteiger partial charge in [0.2, 0.25) is 0 Å². The van der Waals surface area contributed by atoms with E-state index in [1.165, 1.54) is 6.07 Å². The Bertz CT molecular complexity index is 434. The molecule has 2 atom stereocenters. The second-order valence-electron chi connectivity index (χ2n) is 5.06. The summed E-state index contributed by atoms with van der Waals surface area (Å²) in [6.45, 7) is 5.80. The fourth-order valence-corrected chi connectivity index (χ4v) is 2.04. The van der Waals surface area contributed by atoms with Gasteiger partial charge in [-0.05, 0) is 43.9 Å². The summed E-state index contributed by atoms with van der Waals surface area (Å²) in [5.74, 6) is -1.05. The van der Waals surface area contributed by atoms with Gasteiger partial charge in [-0.2, -0.15) is 0 Å². The molecule has 0 saturated heterocycles. The van der Waals surface area contributed by atoms with Crippen LogP contribution in [-0.4, -0.2) is 23.2 Å². The molecule has 0 saturated carbocycles. The topological polar surface area (TPSA) is 49.3 Å². The maximum atomic E-state index is 13.2. The number of nitrogens with one attached hydrogen (secondary N) is 1. The number of carboxylic acids is 1. The van der Waals surface area contributed by atoms with Crippen molar-refractivity contribution in [2.24, 2.45) is 0 Å². The highest BCUT2D eigenvalue weighted by Crippen LogP contribution is 2.13. The summed E-state index contributed by atoms with van der Waals surface area (Å²) >= 11 is 0. The fraction of sp³-hybridized carbons (Fsp3) is 0.533. The van der Waals surface area contributed by atoms with Crippen LogP contribution in [0.15, 0.2) is 18.2 Å². The van der Waals surface area contributed by atoms with E-state index in [4.69, 9.17) is 5.11 Å². The van der Waals surface area contributed by atoms with Gasteiger partial charge < -0.3 is 10.4 Å². The van der Waals surface area contributed by atoms with Gasteiger partial charge in [0.15, 0.2) is 0 Å². The molecule has 0 spiro atoms. The number of aryl methyl sites for hydroxylation is 1. The van der Waals surface area contributed by atoms with Gasteiger partial charge in [0.1, 0.15) is 5.82 Å². The predicted molar refractivity (Wildman–Crippen MR) is 73.8 cm³/mol. The van der Waals surface area contributed by atoms with Crippen molar-refractivity contribution in [2.75, 3.05) is 0 Å². The number of halogens is 1. The fourth-order valence-electron chi connectivity index (χ4n) is 2.04. The Morgan fingerprint density at radius 1 is 1.47 bits per heavy atom. The van der Waals surface area contributed by atoms with E-state index >= 15 is 0 Å². The first-order valence-electron chi connectivity index (χ1n) is 6.65. The van der Waals surface area contributed by atoms with Crippen molar-refractivity contribution in [3.05, 3.63) is 35.1 Å². The van der Waals surface area contributed by atoms with Gasteiger partial charge in [-0.15, -0.1) is 0 Å². The van der Waals surface area contributed by atoms with Crippen LogP contribution in [0.4, 0.5) is 4.39 Å². The van der Waals surface area contributed by atoms with Gasteiger partial charge in [-0.1, -0.05) is 19.1 Å². The van der Waals surface area contributed by atoms with Gasteiger partial charge in [0.05, 0.1) is 6.42 Å². The minimum atomic E-state index is -0.820. The molecule has 0 aromatic heterocycles. The molecule has 0 aliphatic heterocycles. The number of hydrogen-bond donors (Lipinski definition) is 2. The molecule has 0 bridgehead atoms. The van der Waals surface area contributed by atoms with E-state index in [1.54, 1.807) is 19.1 Å². The van der Waals surface area contributed by atoms with Crippen LogP contribution in [0.5, 0.6) is 0 Å². The van der Waals surface area contributed by atoms with E-state index in [0.29, 0.717) is 12.0 Å². The van der Waals surface area contributed by atoms with E-state index in [-0.39, 0.29) is 24.3 Å². The first-order chi connectivity index (χ1) is 8.92. The summed E-state index contributed by atoms with van der Waals surface area (Å²) in [7, 11) is 0. The molecule has 0 radical (unpaired) electrons. The zero-order chi connectivity index (χ0) is 14.4. The molecule has 2 N–H and O–H groups in total. The summed E-state index contributed by atoms with van der Waals surface area (Å²) in [4.78, 5) is 10.9. The molecular weight excluding hydrogens is 245 g/mol. The summed E-state index contributed by atoms with van der Waals surface area (Å²) in [5, 5.41) is 12.3. The summed E-state index contributed by atoms with van der Waals surface area (Å²) < 4.78 is 13.2. The number of hydrogen-bond acceptors (Lipinski definition) is 2. The molecule has 0 aliphatic carbocycles. The van der Waals surface area contributed by atoms with Crippen molar-refractivity contribution in [3.8, 4) is 0 Å². The molecule has 2 unspecified atom stereocenters. The Hall–Kier alpha value is -1.42. The Morgan fingerprint density at radius 3 is 2.68 bits per heavy atom. The standard InChI is InChI=1S/C15H22FNO2/c1-4-11(3)17-13(9-15(18)19)8-12-5-6-14(16)10(2)7-12/h5-7,11,13,17H,4,8-9H2,1-3H3,(H,18,19). The number of benzene rings is 1. The van der Waals surface area contributed by atoms with Crippen molar-refractivity contribution in [1.29, 1.82) is 0 Å². The SMILES string of the molecule is CCC(C)NC(CC(=O)O)Cc1ccc(F)c(C)c1. The Kier molecular flexibility index (Phi) is 5.96. The van der Waals surface area contributed by atoms with E-state index < -0.39 is 5.97 Å². The number of rotatable bonds is 7. The second-order valence-corrected chi connectivity index (χ2v) is 5.06. The third-order valence-electron chi connectivity index (χ3n) is 3.26. The normalized spacial score (nSPS) is 14.1. The van der Waals surface area contributed by atoms with Gasteiger partial charge in [0.25, 0.3) is 0 Å². The highest BCUT2D eigenvalue weighted by molar-refractivity contribution is 5.67. The zero-order valence-corrected chi connectivity index (χ0v) is 11.7. The van der Waals surface area contributed by atoms with Gasteiger partial charge in [-0.3, -0.25) is 4.79 Å². The molecule has 0 amide bonds. The average Bonchev–Trinajstić information content (AvgIpc) is 2.32. The van der Waals surface area contributed by atoms with Crippen molar-refractivity contribution in [1.82, 2.24) is 5.32 Å². The van der Waals surface area contributed by atoms with Crippen LogP contribution in [0.1, 0.15) is 37.8 Å². The quantitative estimate of drug-likeness (QED) is 0.798. The first-order valence-corrected chi connectivity index (χ1v) is 6.65. The minimum absolute atomic E-state index is 0.0702. The van der Waals surface area contributed by atoms with E-state index in [2.05, 4.69) is 12.2 Å². The van der Waals surface area contributed by atoms with Crippen LogP contribution in [0.2, 0.25) is 0 Å². The molecule has 1 aromatic rings.